The summed E-state index contributed by atoms with van der Waals surface area (Å²) < 4.78 is 7.90. The maximum atomic E-state index is 12.1. The van der Waals surface area contributed by atoms with Gasteiger partial charge in [-0.05, 0) is 18.2 Å². The Balaban J connectivity index is 1.59. The van der Waals surface area contributed by atoms with Gasteiger partial charge in [-0.25, -0.2) is 9.67 Å². The largest absolute Gasteiger partial charge is 0.365 e. The van der Waals surface area contributed by atoms with E-state index in [0.29, 0.717) is 24.5 Å². The van der Waals surface area contributed by atoms with Crippen molar-refractivity contribution >= 4 is 33.4 Å². The number of halogens is 1. The molecule has 8 nitrogen and oxygen atoms in total. The zero-order valence-electron chi connectivity index (χ0n) is 13.0. The number of likely N-dealkylation sites (tertiary alicyclic amines) is 1. The molecule has 0 atom stereocenters. The summed E-state index contributed by atoms with van der Waals surface area (Å²) >= 11 is 3.39. The average Bonchev–Trinajstić information content (AvgIpc) is 2.99. The normalized spacial score (nSPS) is 14.3. The van der Waals surface area contributed by atoms with Crippen LogP contribution in [0.25, 0.3) is 5.69 Å². The van der Waals surface area contributed by atoms with Crippen molar-refractivity contribution in [2.75, 3.05) is 25.0 Å². The van der Waals surface area contributed by atoms with Crippen LogP contribution in [-0.4, -0.2) is 57.3 Å². The van der Waals surface area contributed by atoms with Crippen LogP contribution in [0.5, 0.6) is 0 Å². The van der Waals surface area contributed by atoms with E-state index in [1.807, 2.05) is 12.1 Å². The highest BCUT2D eigenvalue weighted by atomic mass is 79.9. The van der Waals surface area contributed by atoms with Gasteiger partial charge in [-0.15, -0.1) is 0 Å². The number of aromatic nitrogens is 3. The molecule has 3 rings (SSSR count). The van der Waals surface area contributed by atoms with Crippen LogP contribution in [0.15, 0.2) is 35.3 Å². The summed E-state index contributed by atoms with van der Waals surface area (Å²) in [4.78, 5) is 28.8. The SMILES string of the molecule is CC(=O)N1CC(OCC(=O)Nc2cc(Br)ccc2-n2cncn2)C1. The summed E-state index contributed by atoms with van der Waals surface area (Å²) in [6.45, 7) is 2.51. The van der Waals surface area contributed by atoms with E-state index in [-0.39, 0.29) is 24.5 Å². The molecule has 0 saturated carbocycles. The van der Waals surface area contributed by atoms with Gasteiger partial charge in [-0.1, -0.05) is 15.9 Å². The predicted octanol–water partition coefficient (Wildman–Crippen LogP) is 1.22. The van der Waals surface area contributed by atoms with Crippen molar-refractivity contribution in [3.05, 3.63) is 35.3 Å². The van der Waals surface area contributed by atoms with Crippen LogP contribution in [0, 0.1) is 0 Å². The number of nitrogens with zero attached hydrogens (tertiary/aromatic N) is 4. The lowest BCUT2D eigenvalue weighted by Crippen LogP contribution is -2.54. The quantitative estimate of drug-likeness (QED) is 0.824. The molecule has 2 heterocycles. The highest BCUT2D eigenvalue weighted by Gasteiger charge is 2.29. The third kappa shape index (κ3) is 3.80. The van der Waals surface area contributed by atoms with Crippen LogP contribution < -0.4 is 5.32 Å². The van der Waals surface area contributed by atoms with Crippen LogP contribution in [-0.2, 0) is 14.3 Å². The molecule has 2 amide bonds. The molecule has 1 aromatic heterocycles. The lowest BCUT2D eigenvalue weighted by atomic mass is 10.2. The summed E-state index contributed by atoms with van der Waals surface area (Å²) in [5.74, 6) is -0.248. The fourth-order valence-corrected chi connectivity index (χ4v) is 2.68. The Hall–Kier alpha value is -2.26. The molecule has 1 fully saturated rings. The number of rotatable bonds is 5. The average molecular weight is 394 g/mol. The second kappa shape index (κ2) is 7.10. The van der Waals surface area contributed by atoms with Gasteiger partial charge in [0.05, 0.1) is 17.5 Å². The van der Waals surface area contributed by atoms with Crippen LogP contribution in [0.2, 0.25) is 0 Å². The zero-order chi connectivity index (χ0) is 17.1. The van der Waals surface area contributed by atoms with E-state index in [9.17, 15) is 9.59 Å². The van der Waals surface area contributed by atoms with E-state index in [1.165, 1.54) is 13.3 Å². The molecular weight excluding hydrogens is 378 g/mol. The molecule has 1 saturated heterocycles. The summed E-state index contributed by atoms with van der Waals surface area (Å²) in [5.41, 5.74) is 1.30. The third-order valence-corrected chi connectivity index (χ3v) is 4.14. The molecule has 0 radical (unpaired) electrons. The number of ether oxygens (including phenoxy) is 1. The molecule has 1 aliphatic rings. The molecule has 1 aliphatic heterocycles. The van der Waals surface area contributed by atoms with E-state index >= 15 is 0 Å². The number of hydrogen-bond donors (Lipinski definition) is 1. The number of carbonyl (C=O) groups excluding carboxylic acids is 2. The van der Waals surface area contributed by atoms with Gasteiger partial charge in [0.1, 0.15) is 19.3 Å². The van der Waals surface area contributed by atoms with Gasteiger partial charge in [0.2, 0.25) is 11.8 Å². The van der Waals surface area contributed by atoms with Gasteiger partial charge >= 0.3 is 0 Å². The van der Waals surface area contributed by atoms with Crippen molar-refractivity contribution in [1.29, 1.82) is 0 Å². The Morgan fingerprint density at radius 3 is 2.88 bits per heavy atom. The Morgan fingerprint density at radius 2 is 2.21 bits per heavy atom. The van der Waals surface area contributed by atoms with Crippen molar-refractivity contribution in [2.45, 2.75) is 13.0 Å². The molecule has 0 unspecified atom stereocenters. The van der Waals surface area contributed by atoms with E-state index in [0.717, 1.165) is 4.47 Å². The third-order valence-electron chi connectivity index (χ3n) is 3.64. The Kier molecular flexibility index (Phi) is 4.91. The number of benzene rings is 1. The minimum atomic E-state index is -0.268. The first-order chi connectivity index (χ1) is 11.5. The number of amides is 2. The number of hydrogen-bond acceptors (Lipinski definition) is 5. The predicted molar refractivity (Wildman–Crippen MR) is 89.7 cm³/mol. The lowest BCUT2D eigenvalue weighted by Gasteiger charge is -2.38. The molecule has 126 valence electrons. The molecule has 1 N–H and O–H groups in total. The van der Waals surface area contributed by atoms with Crippen LogP contribution in [0.3, 0.4) is 0 Å². The van der Waals surface area contributed by atoms with E-state index < -0.39 is 0 Å². The van der Waals surface area contributed by atoms with Gasteiger partial charge in [-0.2, -0.15) is 5.10 Å². The Morgan fingerprint density at radius 1 is 1.42 bits per heavy atom. The van der Waals surface area contributed by atoms with Gasteiger partial charge < -0.3 is 15.0 Å². The van der Waals surface area contributed by atoms with Gasteiger partial charge in [-0.3, -0.25) is 9.59 Å². The molecule has 0 bridgehead atoms. The smallest absolute Gasteiger partial charge is 0.250 e. The Labute approximate surface area is 146 Å². The fourth-order valence-electron chi connectivity index (χ4n) is 2.32. The fraction of sp³-hybridized carbons (Fsp3) is 0.333. The standard InChI is InChI=1S/C15H16BrN5O3/c1-10(22)20-5-12(6-20)24-7-15(23)19-13-4-11(16)2-3-14(13)21-9-17-8-18-21/h2-4,8-9,12H,5-7H2,1H3,(H,19,23). The maximum absolute atomic E-state index is 12.1. The molecule has 2 aromatic rings. The van der Waals surface area contributed by atoms with E-state index in [4.69, 9.17) is 4.74 Å². The first-order valence-corrected chi connectivity index (χ1v) is 8.14. The Bertz CT molecular complexity index is 744. The second-order valence-electron chi connectivity index (χ2n) is 5.41. The monoisotopic (exact) mass is 393 g/mol. The second-order valence-corrected chi connectivity index (χ2v) is 6.32. The molecule has 0 spiro atoms. The van der Waals surface area contributed by atoms with E-state index in [2.05, 4.69) is 31.3 Å². The lowest BCUT2D eigenvalue weighted by molar-refractivity contribution is -0.144. The van der Waals surface area contributed by atoms with Crippen molar-refractivity contribution < 1.29 is 14.3 Å². The van der Waals surface area contributed by atoms with Crippen molar-refractivity contribution in [3.8, 4) is 5.69 Å². The molecule has 9 heteroatoms. The number of nitrogens with one attached hydrogen (secondary N) is 1. The van der Waals surface area contributed by atoms with Crippen LogP contribution in [0.1, 0.15) is 6.92 Å². The highest BCUT2D eigenvalue weighted by Crippen LogP contribution is 2.24. The van der Waals surface area contributed by atoms with Crippen molar-refractivity contribution in [1.82, 2.24) is 19.7 Å². The number of carbonyl (C=O) groups is 2. The summed E-state index contributed by atoms with van der Waals surface area (Å²) in [6, 6.07) is 5.47. The van der Waals surface area contributed by atoms with Crippen LogP contribution >= 0.6 is 15.9 Å². The number of anilines is 1. The van der Waals surface area contributed by atoms with Crippen LogP contribution in [0.4, 0.5) is 5.69 Å². The first-order valence-electron chi connectivity index (χ1n) is 7.34. The van der Waals surface area contributed by atoms with Gasteiger partial charge in [0, 0.05) is 24.5 Å². The first kappa shape index (κ1) is 16.6. The summed E-state index contributed by atoms with van der Waals surface area (Å²) in [7, 11) is 0. The van der Waals surface area contributed by atoms with Gasteiger partial charge in [0.25, 0.3) is 0 Å². The zero-order valence-corrected chi connectivity index (χ0v) is 14.6. The minimum Gasteiger partial charge on any atom is -0.365 e. The molecule has 24 heavy (non-hydrogen) atoms. The maximum Gasteiger partial charge on any atom is 0.250 e. The molecule has 1 aromatic carbocycles. The van der Waals surface area contributed by atoms with E-state index in [1.54, 1.807) is 22.0 Å². The van der Waals surface area contributed by atoms with Crippen molar-refractivity contribution in [3.63, 3.8) is 0 Å². The molecule has 0 aliphatic carbocycles. The summed E-state index contributed by atoms with van der Waals surface area (Å²) in [5, 5.41) is 6.89. The van der Waals surface area contributed by atoms with Gasteiger partial charge in [0.15, 0.2) is 0 Å². The molecular formula is C15H16BrN5O3. The van der Waals surface area contributed by atoms with Crippen molar-refractivity contribution in [2.24, 2.45) is 0 Å². The topological polar surface area (TPSA) is 89.4 Å². The minimum absolute atomic E-state index is 0.0194. The highest BCUT2D eigenvalue weighted by molar-refractivity contribution is 9.10. The summed E-state index contributed by atoms with van der Waals surface area (Å²) in [6.07, 6.45) is 2.89.